The number of ether oxygens (including phenoxy) is 1. The first-order chi connectivity index (χ1) is 18.9. The van der Waals surface area contributed by atoms with Crippen molar-refractivity contribution in [3.63, 3.8) is 0 Å². The molecule has 5 rings (SSSR count). The molecule has 0 aliphatic carbocycles. The Morgan fingerprint density at radius 3 is 2.79 bits per heavy atom. The predicted molar refractivity (Wildman–Crippen MR) is 151 cm³/mol. The molecule has 2 aromatic carbocycles. The van der Waals surface area contributed by atoms with Crippen molar-refractivity contribution in [2.24, 2.45) is 0 Å². The molecule has 0 radical (unpaired) electrons. The number of nitrogens with one attached hydrogen (secondary N) is 2. The maximum atomic E-state index is 14.5. The summed E-state index contributed by atoms with van der Waals surface area (Å²) in [5.41, 5.74) is 7.84. The molecule has 39 heavy (non-hydrogen) atoms. The number of nitrogen functional groups attached to an aromatic ring is 1. The van der Waals surface area contributed by atoms with E-state index < -0.39 is 18.3 Å². The summed E-state index contributed by atoms with van der Waals surface area (Å²) in [6.45, 7) is -0.439. The SMILES string of the molecule is Nc1c(C(=O)c2cc3cc(F)c(NSCCCF)cc3[nH]2)cnn1-c1ccc(Oc2ncccc2Cl)cc1Cl. The zero-order chi connectivity index (χ0) is 27.5. The van der Waals surface area contributed by atoms with Gasteiger partial charge in [0.05, 0.1) is 40.5 Å². The summed E-state index contributed by atoms with van der Waals surface area (Å²) >= 11 is 13.8. The first-order valence-corrected chi connectivity index (χ1v) is 13.3. The number of nitrogens with zero attached hydrogens (tertiary/aromatic N) is 3. The largest absolute Gasteiger partial charge is 0.437 e. The minimum atomic E-state index is -0.493. The maximum absolute atomic E-state index is 14.5. The van der Waals surface area contributed by atoms with Crippen molar-refractivity contribution in [3.8, 4) is 17.3 Å². The van der Waals surface area contributed by atoms with Crippen LogP contribution in [0.3, 0.4) is 0 Å². The number of nitrogens with two attached hydrogens (primary N) is 1. The van der Waals surface area contributed by atoms with Gasteiger partial charge in [-0.15, -0.1) is 0 Å². The summed E-state index contributed by atoms with van der Waals surface area (Å²) in [5, 5.41) is 5.37. The van der Waals surface area contributed by atoms with Gasteiger partial charge in [-0.3, -0.25) is 9.18 Å². The van der Waals surface area contributed by atoms with Crippen LogP contribution in [0, 0.1) is 5.82 Å². The number of H-pyrrole nitrogens is 1. The van der Waals surface area contributed by atoms with E-state index in [2.05, 4.69) is 19.8 Å². The molecule has 0 amide bonds. The van der Waals surface area contributed by atoms with E-state index in [4.69, 9.17) is 33.7 Å². The highest BCUT2D eigenvalue weighted by atomic mass is 35.5. The molecule has 0 saturated heterocycles. The lowest BCUT2D eigenvalue weighted by Crippen LogP contribution is -2.08. The van der Waals surface area contributed by atoms with Crippen LogP contribution in [-0.2, 0) is 0 Å². The van der Waals surface area contributed by atoms with Crippen molar-refractivity contribution < 1.29 is 18.3 Å². The standard InChI is InChI=1S/C26H20Cl2F2N6O2S/c27-17-3-1-7-32-26(17)38-15-4-5-23(18(28)11-15)36-25(31)16(13-33-36)24(37)22-10-14-9-19(30)21(12-20(14)34-22)35-39-8-2-6-29/h1,3-5,7,9-13,34-35H,2,6,8,31H2. The summed E-state index contributed by atoms with van der Waals surface area (Å²) in [7, 11) is 0. The second kappa shape index (κ2) is 11.5. The van der Waals surface area contributed by atoms with Crippen LogP contribution in [0.5, 0.6) is 11.6 Å². The minimum Gasteiger partial charge on any atom is -0.437 e. The number of rotatable bonds is 10. The first kappa shape index (κ1) is 26.8. The molecule has 3 aromatic heterocycles. The molecule has 3 heterocycles. The van der Waals surface area contributed by atoms with Crippen LogP contribution in [0.2, 0.25) is 10.0 Å². The van der Waals surface area contributed by atoms with Gasteiger partial charge in [-0.25, -0.2) is 14.1 Å². The fourth-order valence-electron chi connectivity index (χ4n) is 3.76. The van der Waals surface area contributed by atoms with Crippen LogP contribution in [0.1, 0.15) is 22.5 Å². The van der Waals surface area contributed by atoms with E-state index in [9.17, 15) is 13.6 Å². The third-order valence-electron chi connectivity index (χ3n) is 5.65. The van der Waals surface area contributed by atoms with Crippen molar-refractivity contribution in [2.45, 2.75) is 6.42 Å². The van der Waals surface area contributed by atoms with Gasteiger partial charge in [-0.1, -0.05) is 35.1 Å². The highest BCUT2D eigenvalue weighted by molar-refractivity contribution is 8.00. The van der Waals surface area contributed by atoms with Gasteiger partial charge < -0.3 is 20.2 Å². The number of aromatic amines is 1. The normalized spacial score (nSPS) is 11.2. The van der Waals surface area contributed by atoms with E-state index in [-0.39, 0.29) is 33.7 Å². The number of aromatic nitrogens is 4. The molecule has 5 aromatic rings. The Labute approximate surface area is 235 Å². The van der Waals surface area contributed by atoms with Crippen LogP contribution in [-0.4, -0.2) is 38.0 Å². The number of anilines is 2. The molecule has 8 nitrogen and oxygen atoms in total. The third kappa shape index (κ3) is 5.65. The Bertz CT molecular complexity index is 1680. The quantitative estimate of drug-likeness (QED) is 0.0896. The molecule has 0 atom stereocenters. The lowest BCUT2D eigenvalue weighted by Gasteiger charge is -2.10. The lowest BCUT2D eigenvalue weighted by atomic mass is 10.1. The predicted octanol–water partition coefficient (Wildman–Crippen LogP) is 7.22. The summed E-state index contributed by atoms with van der Waals surface area (Å²) < 4.78 is 36.7. The van der Waals surface area contributed by atoms with Crippen LogP contribution < -0.4 is 15.2 Å². The van der Waals surface area contributed by atoms with Crippen LogP contribution >= 0.6 is 35.1 Å². The number of carbonyl (C=O) groups excluding carboxylic acids is 1. The molecule has 0 fully saturated rings. The molecular weight excluding hydrogens is 569 g/mol. The zero-order valence-electron chi connectivity index (χ0n) is 20.1. The molecule has 4 N–H and O–H groups in total. The molecule has 0 bridgehead atoms. The molecule has 0 saturated carbocycles. The summed E-state index contributed by atoms with van der Waals surface area (Å²) in [5.74, 6) is 0.262. The Hall–Kier alpha value is -3.80. The fraction of sp³-hybridized carbons (Fsp3) is 0.115. The van der Waals surface area contributed by atoms with Gasteiger partial charge in [0, 0.05) is 28.9 Å². The molecule has 0 spiro atoms. The monoisotopic (exact) mass is 588 g/mol. The Morgan fingerprint density at radius 1 is 1.18 bits per heavy atom. The summed E-state index contributed by atoms with van der Waals surface area (Å²) in [6, 6.07) is 12.6. The molecule has 200 valence electrons. The number of fused-ring (bicyclic) bond motifs is 1. The number of hydrogen-bond acceptors (Lipinski definition) is 7. The smallest absolute Gasteiger partial charge is 0.238 e. The number of hydrogen-bond donors (Lipinski definition) is 3. The van der Waals surface area contributed by atoms with Gasteiger partial charge in [-0.2, -0.15) is 5.10 Å². The van der Waals surface area contributed by atoms with E-state index in [1.807, 2.05) is 0 Å². The van der Waals surface area contributed by atoms with Crippen molar-refractivity contribution >= 4 is 63.3 Å². The number of carbonyl (C=O) groups is 1. The van der Waals surface area contributed by atoms with Crippen LogP contribution in [0.15, 0.2) is 60.9 Å². The minimum absolute atomic E-state index is 0.0693. The number of ketones is 1. The third-order valence-corrected chi connectivity index (χ3v) is 7.10. The van der Waals surface area contributed by atoms with Gasteiger partial charge in [0.25, 0.3) is 0 Å². The number of benzene rings is 2. The van der Waals surface area contributed by atoms with E-state index in [0.717, 1.165) is 0 Å². The highest BCUT2D eigenvalue weighted by Crippen LogP contribution is 2.33. The maximum Gasteiger partial charge on any atom is 0.238 e. The van der Waals surface area contributed by atoms with Gasteiger partial charge in [0.15, 0.2) is 0 Å². The van der Waals surface area contributed by atoms with E-state index in [0.29, 0.717) is 39.5 Å². The molecule has 0 aliphatic rings. The molecule has 0 aliphatic heterocycles. The Balaban J connectivity index is 1.37. The van der Waals surface area contributed by atoms with E-state index in [1.54, 1.807) is 48.7 Å². The Morgan fingerprint density at radius 2 is 2.03 bits per heavy atom. The molecule has 13 heteroatoms. The number of alkyl halides is 1. The second-order valence-corrected chi connectivity index (χ2v) is 10.0. The number of pyridine rings is 1. The number of halogens is 4. The van der Waals surface area contributed by atoms with Crippen LogP contribution in [0.25, 0.3) is 16.6 Å². The average molecular weight is 589 g/mol. The van der Waals surface area contributed by atoms with Crippen molar-refractivity contribution in [1.82, 2.24) is 19.7 Å². The van der Waals surface area contributed by atoms with Gasteiger partial charge in [0.2, 0.25) is 11.7 Å². The van der Waals surface area contributed by atoms with Crippen molar-refractivity contribution in [2.75, 3.05) is 22.9 Å². The van der Waals surface area contributed by atoms with Gasteiger partial charge in [-0.05, 0) is 48.9 Å². The van der Waals surface area contributed by atoms with E-state index in [1.165, 1.54) is 28.9 Å². The highest BCUT2D eigenvalue weighted by Gasteiger charge is 2.21. The second-order valence-electron chi connectivity index (χ2n) is 8.29. The first-order valence-electron chi connectivity index (χ1n) is 11.6. The summed E-state index contributed by atoms with van der Waals surface area (Å²) in [4.78, 5) is 20.4. The average Bonchev–Trinajstić information content (AvgIpc) is 3.50. The van der Waals surface area contributed by atoms with Gasteiger partial charge >= 0.3 is 0 Å². The summed E-state index contributed by atoms with van der Waals surface area (Å²) in [6.07, 6.45) is 3.25. The zero-order valence-corrected chi connectivity index (χ0v) is 22.4. The topological polar surface area (TPSA) is 111 Å². The van der Waals surface area contributed by atoms with Crippen LogP contribution in [0.4, 0.5) is 20.3 Å². The van der Waals surface area contributed by atoms with Crippen molar-refractivity contribution in [1.29, 1.82) is 0 Å². The molecule has 0 unspecified atom stereocenters. The van der Waals surface area contributed by atoms with E-state index >= 15 is 0 Å². The lowest BCUT2D eigenvalue weighted by molar-refractivity contribution is 0.103. The fourth-order valence-corrected chi connectivity index (χ4v) is 4.84. The molecular formula is C26H20Cl2F2N6O2S. The van der Waals surface area contributed by atoms with Gasteiger partial charge in [0.1, 0.15) is 22.4 Å². The Kier molecular flexibility index (Phi) is 7.92. The van der Waals surface area contributed by atoms with Crippen molar-refractivity contribution in [3.05, 3.63) is 88.0 Å².